The molecule has 1 heterocycles. The Labute approximate surface area is 105 Å². The van der Waals surface area contributed by atoms with Crippen molar-refractivity contribution in [1.29, 1.82) is 0 Å². The maximum atomic E-state index is 12.2. The maximum Gasteiger partial charge on any atom is 0.331 e. The lowest BCUT2D eigenvalue weighted by Gasteiger charge is -2.43. The molecular formula is C11H17N3O4. The highest BCUT2D eigenvalue weighted by Crippen LogP contribution is 2.30. The first kappa shape index (κ1) is 14.1. The second-order valence-electron chi connectivity index (χ2n) is 5.48. The van der Waals surface area contributed by atoms with Crippen LogP contribution in [0.15, 0.2) is 0 Å². The number of carbonyl (C=O) groups is 4. The van der Waals surface area contributed by atoms with Gasteiger partial charge in [-0.1, -0.05) is 0 Å². The van der Waals surface area contributed by atoms with Gasteiger partial charge < -0.3 is 5.73 Å². The zero-order chi connectivity index (χ0) is 14.3. The number of nitrogens with zero attached hydrogens (tertiary/aromatic N) is 1. The van der Waals surface area contributed by atoms with E-state index in [1.54, 1.807) is 13.8 Å². The second-order valence-corrected chi connectivity index (χ2v) is 5.48. The normalized spacial score (nSPS) is 19.8. The Morgan fingerprint density at radius 1 is 1.33 bits per heavy atom. The standard InChI is InChI=1S/C11H17N3O4/c1-10(2,5-6(12)15)14-8(17)11(3,4)7(16)13-9(14)18/h5H2,1-4H3,(H2,12,15)(H,13,16,18). The van der Waals surface area contributed by atoms with Gasteiger partial charge >= 0.3 is 6.03 Å². The summed E-state index contributed by atoms with van der Waals surface area (Å²) < 4.78 is 0. The number of urea groups is 1. The lowest BCUT2D eigenvalue weighted by atomic mass is 9.85. The molecule has 5 amide bonds. The minimum Gasteiger partial charge on any atom is -0.370 e. The van der Waals surface area contributed by atoms with Crippen LogP contribution >= 0.6 is 0 Å². The predicted octanol–water partition coefficient (Wildman–Crippen LogP) is -0.255. The summed E-state index contributed by atoms with van der Waals surface area (Å²) in [6.07, 6.45) is -0.170. The van der Waals surface area contributed by atoms with E-state index in [1.807, 2.05) is 0 Å². The molecule has 0 unspecified atom stereocenters. The number of carbonyl (C=O) groups excluding carboxylic acids is 4. The molecule has 100 valence electrons. The molecule has 7 heteroatoms. The van der Waals surface area contributed by atoms with Crippen LogP contribution in [-0.2, 0) is 14.4 Å². The van der Waals surface area contributed by atoms with Gasteiger partial charge in [0.25, 0.3) is 0 Å². The molecule has 18 heavy (non-hydrogen) atoms. The predicted molar refractivity (Wildman–Crippen MR) is 62.1 cm³/mol. The fraction of sp³-hybridized carbons (Fsp3) is 0.636. The molecule has 0 saturated carbocycles. The van der Waals surface area contributed by atoms with Crippen LogP contribution < -0.4 is 11.1 Å². The Morgan fingerprint density at radius 2 is 1.83 bits per heavy atom. The van der Waals surface area contributed by atoms with E-state index in [9.17, 15) is 19.2 Å². The average molecular weight is 255 g/mol. The molecule has 0 aromatic carbocycles. The summed E-state index contributed by atoms with van der Waals surface area (Å²) in [5, 5.41) is 2.10. The van der Waals surface area contributed by atoms with E-state index in [0.717, 1.165) is 4.90 Å². The zero-order valence-corrected chi connectivity index (χ0v) is 10.9. The molecule has 1 rings (SSSR count). The molecule has 0 atom stereocenters. The maximum absolute atomic E-state index is 12.2. The lowest BCUT2D eigenvalue weighted by molar-refractivity contribution is -0.152. The van der Waals surface area contributed by atoms with Crippen molar-refractivity contribution in [3.05, 3.63) is 0 Å². The largest absolute Gasteiger partial charge is 0.370 e. The van der Waals surface area contributed by atoms with Gasteiger partial charge in [0.2, 0.25) is 17.7 Å². The van der Waals surface area contributed by atoms with Crippen molar-refractivity contribution in [1.82, 2.24) is 10.2 Å². The van der Waals surface area contributed by atoms with E-state index in [4.69, 9.17) is 5.73 Å². The van der Waals surface area contributed by atoms with E-state index in [0.29, 0.717) is 0 Å². The van der Waals surface area contributed by atoms with Crippen LogP contribution in [0, 0.1) is 5.41 Å². The fourth-order valence-corrected chi connectivity index (χ4v) is 1.83. The van der Waals surface area contributed by atoms with Gasteiger partial charge in [-0.15, -0.1) is 0 Å². The van der Waals surface area contributed by atoms with Gasteiger partial charge in [0.05, 0.1) is 5.54 Å². The summed E-state index contributed by atoms with van der Waals surface area (Å²) in [6.45, 7) is 5.93. The minimum atomic E-state index is -1.34. The molecule has 0 bridgehead atoms. The third-order valence-electron chi connectivity index (χ3n) is 2.94. The van der Waals surface area contributed by atoms with Crippen molar-refractivity contribution in [3.8, 4) is 0 Å². The van der Waals surface area contributed by atoms with E-state index in [2.05, 4.69) is 5.32 Å². The number of primary amides is 1. The van der Waals surface area contributed by atoms with Crippen molar-refractivity contribution < 1.29 is 19.2 Å². The van der Waals surface area contributed by atoms with Crippen LogP contribution in [0.1, 0.15) is 34.1 Å². The Bertz CT molecular complexity index is 440. The monoisotopic (exact) mass is 255 g/mol. The number of imide groups is 2. The molecule has 0 radical (unpaired) electrons. The van der Waals surface area contributed by atoms with E-state index >= 15 is 0 Å². The summed E-state index contributed by atoms with van der Waals surface area (Å²) in [5.74, 6) is -1.92. The van der Waals surface area contributed by atoms with Gasteiger partial charge in [-0.25, -0.2) is 4.79 Å². The van der Waals surface area contributed by atoms with Crippen LogP contribution in [0.4, 0.5) is 4.79 Å². The Morgan fingerprint density at radius 3 is 2.28 bits per heavy atom. The number of amides is 5. The van der Waals surface area contributed by atoms with Gasteiger partial charge in [0.1, 0.15) is 5.41 Å². The molecule has 1 fully saturated rings. The molecule has 7 nitrogen and oxygen atoms in total. The van der Waals surface area contributed by atoms with Crippen LogP contribution in [0.3, 0.4) is 0 Å². The Balaban J connectivity index is 3.15. The number of rotatable bonds is 3. The van der Waals surface area contributed by atoms with Crippen molar-refractivity contribution in [2.75, 3.05) is 0 Å². The zero-order valence-electron chi connectivity index (χ0n) is 10.9. The molecule has 0 aliphatic carbocycles. The number of hydrogen-bond donors (Lipinski definition) is 2. The molecule has 0 aromatic rings. The second kappa shape index (κ2) is 4.08. The van der Waals surface area contributed by atoms with Crippen molar-refractivity contribution in [2.45, 2.75) is 39.7 Å². The van der Waals surface area contributed by atoms with Crippen molar-refractivity contribution in [2.24, 2.45) is 11.1 Å². The minimum absolute atomic E-state index is 0.170. The molecule has 3 N–H and O–H groups in total. The van der Waals surface area contributed by atoms with Crippen LogP contribution in [0.25, 0.3) is 0 Å². The quantitative estimate of drug-likeness (QED) is 0.677. The highest BCUT2D eigenvalue weighted by atomic mass is 16.2. The van der Waals surface area contributed by atoms with Gasteiger partial charge in [0.15, 0.2) is 0 Å². The number of hydrogen-bond acceptors (Lipinski definition) is 4. The number of nitrogens with two attached hydrogens (primary N) is 1. The topological polar surface area (TPSA) is 110 Å². The van der Waals surface area contributed by atoms with E-state index in [-0.39, 0.29) is 6.42 Å². The molecule has 1 saturated heterocycles. The summed E-state index contributed by atoms with van der Waals surface area (Å²) in [5.41, 5.74) is 2.67. The van der Waals surface area contributed by atoms with Gasteiger partial charge in [-0.3, -0.25) is 24.6 Å². The number of barbiturate groups is 1. The SMILES string of the molecule is CC1(C)C(=O)NC(=O)N(C(C)(C)CC(N)=O)C1=O. The van der Waals surface area contributed by atoms with Crippen molar-refractivity contribution >= 4 is 23.8 Å². The third-order valence-corrected chi connectivity index (χ3v) is 2.94. The van der Waals surface area contributed by atoms with Gasteiger partial charge in [-0.05, 0) is 27.7 Å². The van der Waals surface area contributed by atoms with Gasteiger partial charge in [-0.2, -0.15) is 0 Å². The van der Waals surface area contributed by atoms with E-state index in [1.165, 1.54) is 13.8 Å². The van der Waals surface area contributed by atoms with Crippen LogP contribution in [0.2, 0.25) is 0 Å². The first-order chi connectivity index (χ1) is 8.00. The molecule has 0 spiro atoms. The fourth-order valence-electron chi connectivity index (χ4n) is 1.83. The summed E-state index contributed by atoms with van der Waals surface area (Å²) in [6, 6.07) is -0.824. The average Bonchev–Trinajstić information content (AvgIpc) is 2.12. The first-order valence-corrected chi connectivity index (χ1v) is 5.48. The lowest BCUT2D eigenvalue weighted by Crippen LogP contribution is -2.67. The van der Waals surface area contributed by atoms with Crippen LogP contribution in [-0.4, -0.2) is 34.2 Å². The summed E-state index contributed by atoms with van der Waals surface area (Å²) in [7, 11) is 0. The summed E-state index contributed by atoms with van der Waals surface area (Å²) >= 11 is 0. The van der Waals surface area contributed by atoms with Crippen LogP contribution in [0.5, 0.6) is 0 Å². The summed E-state index contributed by atoms with van der Waals surface area (Å²) in [4.78, 5) is 47.4. The first-order valence-electron chi connectivity index (χ1n) is 5.48. The molecular weight excluding hydrogens is 238 g/mol. The Hall–Kier alpha value is -1.92. The highest BCUT2D eigenvalue weighted by Gasteiger charge is 2.51. The highest BCUT2D eigenvalue weighted by molar-refractivity contribution is 6.19. The van der Waals surface area contributed by atoms with E-state index < -0.39 is 34.7 Å². The third kappa shape index (κ3) is 2.20. The molecule has 1 aliphatic heterocycles. The number of nitrogens with one attached hydrogen (secondary N) is 1. The van der Waals surface area contributed by atoms with Crippen molar-refractivity contribution in [3.63, 3.8) is 0 Å². The molecule has 0 aromatic heterocycles. The molecule has 1 aliphatic rings. The van der Waals surface area contributed by atoms with Gasteiger partial charge in [0, 0.05) is 6.42 Å². The smallest absolute Gasteiger partial charge is 0.331 e. The Kier molecular flexibility index (Phi) is 3.20.